The molecule has 0 unspecified atom stereocenters. The molecule has 0 saturated carbocycles. The molecule has 180 valence electrons. The van der Waals surface area contributed by atoms with E-state index in [0.29, 0.717) is 28.1 Å². The Morgan fingerprint density at radius 3 is 2.24 bits per heavy atom. The maximum Gasteiger partial charge on any atom is 0.328 e. The van der Waals surface area contributed by atoms with Crippen LogP contribution in [0.15, 0.2) is 53.4 Å². The number of hydrogen-bond acceptors (Lipinski definition) is 3. The van der Waals surface area contributed by atoms with E-state index < -0.39 is 16.0 Å². The number of sulfonamides is 1. The average Bonchev–Trinajstić information content (AvgIpc) is 2.76. The van der Waals surface area contributed by atoms with Gasteiger partial charge in [-0.25, -0.2) is 13.2 Å². The second-order valence-electron chi connectivity index (χ2n) is 8.90. The predicted octanol–water partition coefficient (Wildman–Crippen LogP) is 6.92. The summed E-state index contributed by atoms with van der Waals surface area (Å²) in [4.78, 5) is 11.8. The van der Waals surface area contributed by atoms with Gasteiger partial charge in [0.25, 0.3) is 10.0 Å². The highest BCUT2D eigenvalue weighted by Gasteiger charge is 2.23. The Balaban J connectivity index is 2.17. The van der Waals surface area contributed by atoms with Gasteiger partial charge in [0.05, 0.1) is 10.6 Å². The Kier molecular flexibility index (Phi) is 7.82. The minimum absolute atomic E-state index is 0.295. The molecule has 0 amide bonds. The summed E-state index contributed by atoms with van der Waals surface area (Å²) in [6.45, 7) is 9.57. The molecular formula is C28H33NO4S. The van der Waals surface area contributed by atoms with Gasteiger partial charge in [0, 0.05) is 11.5 Å². The molecule has 0 aliphatic heterocycles. The van der Waals surface area contributed by atoms with Gasteiger partial charge in [0.15, 0.2) is 0 Å². The first kappa shape index (κ1) is 25.5. The van der Waals surface area contributed by atoms with Gasteiger partial charge in [-0.15, -0.1) is 0 Å². The number of aryl methyl sites for hydroxylation is 2. The normalized spacial score (nSPS) is 12.2. The third kappa shape index (κ3) is 5.50. The van der Waals surface area contributed by atoms with Crippen LogP contribution in [0.3, 0.4) is 0 Å². The fourth-order valence-electron chi connectivity index (χ4n) is 4.37. The molecule has 0 fully saturated rings. The summed E-state index contributed by atoms with van der Waals surface area (Å²) in [7, 11) is -3.88. The second-order valence-corrected chi connectivity index (χ2v) is 10.5. The minimum atomic E-state index is -3.88. The van der Waals surface area contributed by atoms with Crippen LogP contribution in [0.25, 0.3) is 16.3 Å². The van der Waals surface area contributed by atoms with E-state index in [-0.39, 0.29) is 0 Å². The number of allylic oxidation sites excluding steroid dienone is 1. The largest absolute Gasteiger partial charge is 0.478 e. The van der Waals surface area contributed by atoms with Crippen LogP contribution in [0, 0.1) is 27.7 Å². The highest BCUT2D eigenvalue weighted by Crippen LogP contribution is 2.34. The molecule has 0 atom stereocenters. The van der Waals surface area contributed by atoms with Crippen molar-refractivity contribution in [2.24, 2.45) is 0 Å². The number of fused-ring (bicyclic) bond motifs is 1. The van der Waals surface area contributed by atoms with Crippen LogP contribution in [0.4, 0.5) is 5.69 Å². The van der Waals surface area contributed by atoms with Crippen molar-refractivity contribution in [3.63, 3.8) is 0 Å². The van der Waals surface area contributed by atoms with Gasteiger partial charge in [-0.2, -0.15) is 0 Å². The summed E-state index contributed by atoms with van der Waals surface area (Å²) in [5.41, 5.74) is 5.13. The standard InChI is InChI=1S/C28H33NO4S/c1-6-7-8-11-22(17-27(30)31)24-15-23-12-9-10-13-25(23)26(16-24)29-34(32,33)28-20(4)18(2)14-19(3)21(28)5/h9-10,12-17,29H,6-8,11H2,1-5H3,(H,30,31)/b22-17-. The van der Waals surface area contributed by atoms with E-state index >= 15 is 0 Å². The number of carbonyl (C=O) groups is 1. The first-order chi connectivity index (χ1) is 16.0. The Bertz CT molecular complexity index is 1340. The fraction of sp³-hybridized carbons (Fsp3) is 0.321. The zero-order valence-electron chi connectivity index (χ0n) is 20.5. The minimum Gasteiger partial charge on any atom is -0.478 e. The first-order valence-electron chi connectivity index (χ1n) is 11.6. The summed E-state index contributed by atoms with van der Waals surface area (Å²) in [5, 5.41) is 11.1. The molecule has 3 rings (SSSR count). The van der Waals surface area contributed by atoms with E-state index in [1.165, 1.54) is 6.08 Å². The summed E-state index contributed by atoms with van der Waals surface area (Å²) in [6.07, 6.45) is 4.73. The van der Waals surface area contributed by atoms with Crippen LogP contribution in [0.2, 0.25) is 0 Å². The number of rotatable bonds is 9. The van der Waals surface area contributed by atoms with Gasteiger partial charge in [0.1, 0.15) is 0 Å². The highest BCUT2D eigenvalue weighted by molar-refractivity contribution is 7.92. The lowest BCUT2D eigenvalue weighted by molar-refractivity contribution is -0.131. The van der Waals surface area contributed by atoms with E-state index in [9.17, 15) is 18.3 Å². The van der Waals surface area contributed by atoms with Crippen molar-refractivity contribution in [3.05, 3.63) is 76.4 Å². The van der Waals surface area contributed by atoms with Crippen LogP contribution in [-0.2, 0) is 14.8 Å². The van der Waals surface area contributed by atoms with Gasteiger partial charge in [-0.3, -0.25) is 4.72 Å². The summed E-state index contributed by atoms with van der Waals surface area (Å²) < 4.78 is 30.1. The summed E-state index contributed by atoms with van der Waals surface area (Å²) in [5.74, 6) is -1.01. The van der Waals surface area contributed by atoms with Crippen molar-refractivity contribution in [1.82, 2.24) is 0 Å². The van der Waals surface area contributed by atoms with Gasteiger partial charge in [-0.05, 0) is 91.4 Å². The Labute approximate surface area is 202 Å². The third-order valence-electron chi connectivity index (χ3n) is 6.39. The SMILES string of the molecule is CCCCC/C(=C/C(=O)O)c1cc(NS(=O)(=O)c2c(C)c(C)cc(C)c2C)c2ccccc2c1. The number of carboxylic acid groups (broad SMARTS) is 1. The maximum absolute atomic E-state index is 13.6. The summed E-state index contributed by atoms with van der Waals surface area (Å²) in [6, 6.07) is 13.2. The first-order valence-corrected chi connectivity index (χ1v) is 13.1. The zero-order valence-corrected chi connectivity index (χ0v) is 21.3. The Hall–Kier alpha value is -3.12. The molecule has 3 aromatic carbocycles. The van der Waals surface area contributed by atoms with Crippen LogP contribution < -0.4 is 4.72 Å². The lowest BCUT2D eigenvalue weighted by Crippen LogP contribution is -2.17. The van der Waals surface area contributed by atoms with Crippen molar-refractivity contribution in [1.29, 1.82) is 0 Å². The smallest absolute Gasteiger partial charge is 0.328 e. The van der Waals surface area contributed by atoms with Crippen molar-refractivity contribution < 1.29 is 18.3 Å². The number of benzene rings is 3. The van der Waals surface area contributed by atoms with E-state index in [0.717, 1.165) is 52.3 Å². The lowest BCUT2D eigenvalue weighted by Gasteiger charge is -2.19. The molecule has 0 saturated heterocycles. The van der Waals surface area contributed by atoms with Crippen LogP contribution in [0.1, 0.15) is 60.4 Å². The maximum atomic E-state index is 13.6. The predicted molar refractivity (Wildman–Crippen MR) is 140 cm³/mol. The molecule has 0 spiro atoms. The molecule has 5 nitrogen and oxygen atoms in total. The number of unbranched alkanes of at least 4 members (excludes halogenated alkanes) is 2. The molecule has 0 aliphatic carbocycles. The molecule has 3 aromatic rings. The number of nitrogens with one attached hydrogen (secondary N) is 1. The molecule has 6 heteroatoms. The van der Waals surface area contributed by atoms with Gasteiger partial charge < -0.3 is 5.11 Å². The second kappa shape index (κ2) is 10.4. The van der Waals surface area contributed by atoms with Crippen LogP contribution in [-0.4, -0.2) is 19.5 Å². The molecule has 0 bridgehead atoms. The number of anilines is 1. The van der Waals surface area contributed by atoms with Gasteiger partial charge in [-0.1, -0.05) is 50.1 Å². The number of aliphatic carboxylic acids is 1. The van der Waals surface area contributed by atoms with E-state index in [4.69, 9.17) is 0 Å². The highest BCUT2D eigenvalue weighted by atomic mass is 32.2. The number of carboxylic acids is 1. The molecule has 34 heavy (non-hydrogen) atoms. The quantitative estimate of drug-likeness (QED) is 0.258. The van der Waals surface area contributed by atoms with Crippen molar-refractivity contribution in [2.45, 2.75) is 65.2 Å². The van der Waals surface area contributed by atoms with Crippen molar-refractivity contribution in [3.8, 4) is 0 Å². The molecule has 0 aliphatic rings. The van der Waals surface area contributed by atoms with Gasteiger partial charge >= 0.3 is 5.97 Å². The summed E-state index contributed by atoms with van der Waals surface area (Å²) >= 11 is 0. The van der Waals surface area contributed by atoms with Crippen LogP contribution >= 0.6 is 0 Å². The van der Waals surface area contributed by atoms with Crippen molar-refractivity contribution >= 4 is 38.0 Å². The molecule has 0 radical (unpaired) electrons. The van der Waals surface area contributed by atoms with E-state index in [1.54, 1.807) is 6.07 Å². The Morgan fingerprint density at radius 1 is 0.971 bits per heavy atom. The molecule has 0 heterocycles. The van der Waals surface area contributed by atoms with Gasteiger partial charge in [0.2, 0.25) is 0 Å². The Morgan fingerprint density at radius 2 is 1.62 bits per heavy atom. The fourth-order valence-corrected chi connectivity index (χ4v) is 6.06. The third-order valence-corrected chi connectivity index (χ3v) is 8.03. The van der Waals surface area contributed by atoms with E-state index in [2.05, 4.69) is 11.6 Å². The van der Waals surface area contributed by atoms with E-state index in [1.807, 2.05) is 64.1 Å². The topological polar surface area (TPSA) is 83.5 Å². The lowest BCUT2D eigenvalue weighted by atomic mass is 9.95. The number of hydrogen-bond donors (Lipinski definition) is 2. The molecular weight excluding hydrogens is 446 g/mol. The molecule has 0 aromatic heterocycles. The monoisotopic (exact) mass is 479 g/mol. The zero-order chi connectivity index (χ0) is 25.0. The average molecular weight is 480 g/mol. The van der Waals surface area contributed by atoms with Crippen molar-refractivity contribution in [2.75, 3.05) is 4.72 Å². The van der Waals surface area contributed by atoms with Crippen LogP contribution in [0.5, 0.6) is 0 Å². The molecule has 2 N–H and O–H groups in total.